The maximum absolute atomic E-state index is 12.9. The van der Waals surface area contributed by atoms with Gasteiger partial charge in [0, 0.05) is 35.7 Å². The highest BCUT2D eigenvalue weighted by Crippen LogP contribution is 2.47. The number of halogens is 1. The molecule has 0 amide bonds. The van der Waals surface area contributed by atoms with E-state index < -0.39 is 36.8 Å². The van der Waals surface area contributed by atoms with Crippen LogP contribution in [-0.2, 0) is 9.09 Å². The zero-order chi connectivity index (χ0) is 24.1. The SMILES string of the molecule is [2H]c1ccc(-c2cc(=O)c3c(O)cc(O)c([C@H]4CCN(C)C[C@H]4OP(=O)(O)O)c3o2)c(Cl)c1. The molecule has 170 valence electrons. The lowest BCUT2D eigenvalue weighted by Gasteiger charge is -2.36. The molecule has 4 rings (SSSR count). The fourth-order valence-corrected chi connectivity index (χ4v) is 4.89. The van der Waals surface area contributed by atoms with E-state index in [0.29, 0.717) is 18.5 Å². The molecule has 1 fully saturated rings. The van der Waals surface area contributed by atoms with E-state index in [0.717, 1.165) is 12.1 Å². The maximum atomic E-state index is 12.9. The van der Waals surface area contributed by atoms with Gasteiger partial charge in [-0.25, -0.2) is 4.57 Å². The van der Waals surface area contributed by atoms with Crippen LogP contribution < -0.4 is 5.43 Å². The molecule has 11 heteroatoms. The topological polar surface area (TPSA) is 141 Å². The van der Waals surface area contributed by atoms with Crippen LogP contribution in [0, 0.1) is 0 Å². The second kappa shape index (κ2) is 8.51. The third kappa shape index (κ3) is 4.41. The summed E-state index contributed by atoms with van der Waals surface area (Å²) in [5, 5.41) is 21.1. The van der Waals surface area contributed by atoms with Crippen LogP contribution in [0.25, 0.3) is 22.3 Å². The summed E-state index contributed by atoms with van der Waals surface area (Å²) >= 11 is 6.24. The average molecular weight is 483 g/mol. The first-order valence-electron chi connectivity index (χ1n) is 10.2. The Balaban J connectivity index is 1.97. The van der Waals surface area contributed by atoms with Crippen molar-refractivity contribution in [1.29, 1.82) is 0 Å². The fourth-order valence-electron chi connectivity index (χ4n) is 4.11. The summed E-state index contributed by atoms with van der Waals surface area (Å²) in [6, 6.07) is 6.66. The van der Waals surface area contributed by atoms with Crippen LogP contribution in [-0.4, -0.2) is 51.1 Å². The van der Waals surface area contributed by atoms with Crippen molar-refractivity contribution >= 4 is 30.4 Å². The van der Waals surface area contributed by atoms with Crippen molar-refractivity contribution < 1.29 is 34.9 Å². The molecule has 0 unspecified atom stereocenters. The molecule has 1 saturated heterocycles. The Morgan fingerprint density at radius 3 is 2.72 bits per heavy atom. The number of fused-ring (bicyclic) bond motifs is 1. The first-order chi connectivity index (χ1) is 15.4. The molecule has 0 bridgehead atoms. The Morgan fingerprint density at radius 1 is 1.28 bits per heavy atom. The van der Waals surface area contributed by atoms with Crippen LogP contribution in [0.5, 0.6) is 11.5 Å². The lowest BCUT2D eigenvalue weighted by molar-refractivity contribution is 0.0544. The molecule has 2 aromatic carbocycles. The zero-order valence-electron chi connectivity index (χ0n) is 17.9. The Hall–Kier alpha value is -2.39. The number of phenolic OH excluding ortho intramolecular Hbond substituents is 2. The Bertz CT molecular complexity index is 1340. The van der Waals surface area contributed by atoms with Gasteiger partial charge >= 0.3 is 7.82 Å². The smallest absolute Gasteiger partial charge is 0.469 e. The maximum Gasteiger partial charge on any atom is 0.469 e. The van der Waals surface area contributed by atoms with E-state index in [2.05, 4.69) is 0 Å². The van der Waals surface area contributed by atoms with Gasteiger partial charge in [-0.1, -0.05) is 23.7 Å². The number of likely N-dealkylation sites (N-methyl/N-ethyl adjacent to an activating group) is 1. The minimum Gasteiger partial charge on any atom is -0.507 e. The third-order valence-corrected chi connectivity index (χ3v) is 6.34. The van der Waals surface area contributed by atoms with Crippen molar-refractivity contribution in [3.63, 3.8) is 0 Å². The molecule has 0 spiro atoms. The van der Waals surface area contributed by atoms with Crippen molar-refractivity contribution in [3.8, 4) is 22.8 Å². The fraction of sp³-hybridized carbons (Fsp3) is 0.286. The van der Waals surface area contributed by atoms with Crippen molar-refractivity contribution in [3.05, 3.63) is 57.2 Å². The summed E-state index contributed by atoms with van der Waals surface area (Å²) in [5.41, 5.74) is -0.306. The highest BCUT2D eigenvalue weighted by molar-refractivity contribution is 7.46. The van der Waals surface area contributed by atoms with Gasteiger partial charge in [0.05, 0.1) is 12.5 Å². The van der Waals surface area contributed by atoms with E-state index in [1.54, 1.807) is 7.05 Å². The van der Waals surface area contributed by atoms with Gasteiger partial charge in [0.1, 0.15) is 28.2 Å². The van der Waals surface area contributed by atoms with E-state index in [9.17, 15) is 29.4 Å². The van der Waals surface area contributed by atoms with E-state index in [1.165, 1.54) is 18.2 Å². The lowest BCUT2D eigenvalue weighted by Crippen LogP contribution is -2.41. The molecule has 9 nitrogen and oxygen atoms in total. The van der Waals surface area contributed by atoms with Gasteiger partial charge in [-0.15, -0.1) is 0 Å². The van der Waals surface area contributed by atoms with E-state index in [-0.39, 0.29) is 39.9 Å². The third-order valence-electron chi connectivity index (χ3n) is 5.48. The molecule has 2 heterocycles. The molecule has 4 N–H and O–H groups in total. The zero-order valence-corrected chi connectivity index (χ0v) is 18.5. The Kier molecular flexibility index (Phi) is 5.71. The van der Waals surface area contributed by atoms with Gasteiger partial charge in [0.15, 0.2) is 5.43 Å². The summed E-state index contributed by atoms with van der Waals surface area (Å²) in [7, 11) is -3.11. The molecule has 0 saturated carbocycles. The number of benzene rings is 2. The number of rotatable bonds is 4. The predicted octanol–water partition coefficient (Wildman–Crippen LogP) is 3.42. The normalized spacial score (nSPS) is 20.4. The summed E-state index contributed by atoms with van der Waals surface area (Å²) in [6.45, 7) is 0.673. The predicted molar refractivity (Wildman–Crippen MR) is 118 cm³/mol. The summed E-state index contributed by atoms with van der Waals surface area (Å²) in [6.07, 6.45) is -0.694. The molecular weight excluding hydrogens is 461 g/mol. The molecule has 1 aliphatic heterocycles. The van der Waals surface area contributed by atoms with Gasteiger partial charge < -0.3 is 29.3 Å². The standard InChI is InChI=1S/C21H21ClNO8P/c1-23-7-6-12(18(10-23)31-32(27,28)29)19-14(24)8-15(25)20-16(26)9-17(30-21(19)20)11-4-2-3-5-13(11)22/h2-5,8-9,12,18,24-25H,6-7,10H2,1H3,(H2,27,28,29)/t12-,18+/m0/s1/i3D. The molecule has 32 heavy (non-hydrogen) atoms. The number of likely N-dealkylation sites (tertiary alicyclic amines) is 1. The minimum absolute atomic E-state index is 0.0455. The number of phosphoric ester groups is 1. The Morgan fingerprint density at radius 2 is 2.03 bits per heavy atom. The molecule has 2 atom stereocenters. The molecule has 0 radical (unpaired) electrons. The average Bonchev–Trinajstić information content (AvgIpc) is 2.67. The molecule has 1 aliphatic rings. The first kappa shape index (κ1) is 21.5. The van der Waals surface area contributed by atoms with Crippen molar-refractivity contribution in [2.75, 3.05) is 20.1 Å². The van der Waals surface area contributed by atoms with Crippen molar-refractivity contribution in [2.45, 2.75) is 18.4 Å². The van der Waals surface area contributed by atoms with E-state index in [1.807, 2.05) is 4.90 Å². The Labute approximate surface area is 189 Å². The van der Waals surface area contributed by atoms with Crippen molar-refractivity contribution in [2.24, 2.45) is 0 Å². The lowest BCUT2D eigenvalue weighted by atomic mass is 9.85. The summed E-state index contributed by atoms with van der Waals surface area (Å²) in [5.74, 6) is -1.60. The second-order valence-corrected chi connectivity index (χ2v) is 9.30. The number of nitrogens with zero attached hydrogens (tertiary/aromatic N) is 1. The number of phenols is 2. The number of phosphoric acid groups is 1. The number of piperidine rings is 1. The van der Waals surface area contributed by atoms with Gasteiger partial charge in [-0.3, -0.25) is 9.32 Å². The van der Waals surface area contributed by atoms with Crippen LogP contribution in [0.4, 0.5) is 0 Å². The quantitative estimate of drug-likeness (QED) is 0.411. The van der Waals surface area contributed by atoms with Crippen LogP contribution in [0.3, 0.4) is 0 Å². The number of aromatic hydroxyl groups is 2. The first-order valence-corrected chi connectivity index (χ1v) is 11.6. The van der Waals surface area contributed by atoms with E-state index in [4.69, 9.17) is 21.9 Å². The highest BCUT2D eigenvalue weighted by atomic mass is 35.5. The van der Waals surface area contributed by atoms with Gasteiger partial charge in [-0.05, 0) is 32.1 Å². The summed E-state index contributed by atoms with van der Waals surface area (Å²) in [4.78, 5) is 33.6. The minimum atomic E-state index is -4.87. The van der Waals surface area contributed by atoms with Crippen LogP contribution in [0.2, 0.25) is 5.02 Å². The van der Waals surface area contributed by atoms with Gasteiger partial charge in [-0.2, -0.15) is 0 Å². The monoisotopic (exact) mass is 482 g/mol. The van der Waals surface area contributed by atoms with Crippen LogP contribution in [0.15, 0.2) is 45.6 Å². The second-order valence-electron chi connectivity index (χ2n) is 7.71. The molecule has 0 aliphatic carbocycles. The highest BCUT2D eigenvalue weighted by Gasteiger charge is 2.38. The molecule has 1 aromatic heterocycles. The number of hydrogen-bond donors (Lipinski definition) is 4. The van der Waals surface area contributed by atoms with Crippen LogP contribution >= 0.6 is 19.4 Å². The number of hydrogen-bond acceptors (Lipinski definition) is 7. The van der Waals surface area contributed by atoms with Gasteiger partial charge in [0.2, 0.25) is 0 Å². The van der Waals surface area contributed by atoms with Crippen molar-refractivity contribution in [1.82, 2.24) is 4.90 Å². The van der Waals surface area contributed by atoms with E-state index >= 15 is 0 Å². The van der Waals surface area contributed by atoms with Gasteiger partial charge in [0.25, 0.3) is 0 Å². The van der Waals surface area contributed by atoms with Crippen LogP contribution in [0.1, 0.15) is 19.3 Å². The largest absolute Gasteiger partial charge is 0.507 e. The molecular formula is C21H21ClNO8P. The molecule has 3 aromatic rings. The summed E-state index contributed by atoms with van der Waals surface area (Å²) < 4.78 is 30.3.